The molecule has 1 aliphatic rings. The quantitative estimate of drug-likeness (QED) is 0.162. The van der Waals surface area contributed by atoms with Gasteiger partial charge in [0.2, 0.25) is 0 Å². The Kier molecular flexibility index (Phi) is 7.97. The van der Waals surface area contributed by atoms with Gasteiger partial charge in [-0.3, -0.25) is 0 Å². The second-order valence-corrected chi connectivity index (χ2v) is 15.4. The molecule has 58 heavy (non-hydrogen) atoms. The van der Waals surface area contributed by atoms with Crippen LogP contribution in [-0.2, 0) is 5.41 Å². The molecule has 0 bridgehead atoms. The van der Waals surface area contributed by atoms with Gasteiger partial charge in [-0.2, -0.15) is 0 Å². The maximum Gasteiger partial charge on any atom is 0.140 e. The largest absolute Gasteiger partial charge is 0.456 e. The molecule has 2 heteroatoms. The third-order valence-corrected chi connectivity index (χ3v) is 12.2. The van der Waals surface area contributed by atoms with Crippen LogP contribution in [0.3, 0.4) is 0 Å². The first-order chi connectivity index (χ1) is 28.6. The van der Waals surface area contributed by atoms with E-state index in [1.54, 1.807) is 0 Å². The van der Waals surface area contributed by atoms with Gasteiger partial charge < -0.3 is 9.32 Å². The molecule has 0 radical (unpaired) electrons. The van der Waals surface area contributed by atoms with Crippen molar-refractivity contribution >= 4 is 39.0 Å². The first-order valence-electron chi connectivity index (χ1n) is 20.0. The van der Waals surface area contributed by atoms with E-state index >= 15 is 0 Å². The van der Waals surface area contributed by atoms with Gasteiger partial charge in [0.25, 0.3) is 0 Å². The molecule has 10 aromatic rings. The van der Waals surface area contributed by atoms with Gasteiger partial charge in [0.15, 0.2) is 0 Å². The van der Waals surface area contributed by atoms with E-state index < -0.39 is 0 Å². The average molecular weight is 742 g/mol. The highest BCUT2D eigenvalue weighted by molar-refractivity contribution is 6.14. The minimum absolute atomic E-state index is 0.381. The van der Waals surface area contributed by atoms with Gasteiger partial charge in [-0.15, -0.1) is 0 Å². The SMILES string of the molecule is CC1(c2ccc(-c3ccc(N(c4ccc(-c5ccccc5)cc4)c4ccc(-c5ccccc5)cc4)cc3)c3c2oc2ccccc23)c2ccccc2-c2ccccc21. The van der Waals surface area contributed by atoms with E-state index in [1.165, 1.54) is 50.1 Å². The lowest BCUT2D eigenvalue weighted by atomic mass is 9.73. The summed E-state index contributed by atoms with van der Waals surface area (Å²) in [4.78, 5) is 2.34. The Balaban J connectivity index is 1.03. The van der Waals surface area contributed by atoms with Crippen LogP contribution in [0.4, 0.5) is 17.1 Å². The number of benzene rings is 9. The first-order valence-corrected chi connectivity index (χ1v) is 20.0. The summed E-state index contributed by atoms with van der Waals surface area (Å²) in [5, 5.41) is 2.27. The molecule has 1 heterocycles. The number of rotatable bonds is 7. The molecule has 9 aromatic carbocycles. The fourth-order valence-corrected chi connectivity index (χ4v) is 9.31. The van der Waals surface area contributed by atoms with Crippen LogP contribution in [-0.4, -0.2) is 0 Å². The zero-order chi connectivity index (χ0) is 38.6. The highest BCUT2D eigenvalue weighted by Gasteiger charge is 2.42. The molecule has 1 aromatic heterocycles. The summed E-state index contributed by atoms with van der Waals surface area (Å²) in [7, 11) is 0. The highest BCUT2D eigenvalue weighted by atomic mass is 16.3. The van der Waals surface area contributed by atoms with E-state index in [-0.39, 0.29) is 5.41 Å². The van der Waals surface area contributed by atoms with E-state index in [2.05, 4.69) is 230 Å². The maximum atomic E-state index is 6.91. The molecule has 0 atom stereocenters. The number of furan rings is 1. The molecule has 0 spiro atoms. The molecule has 0 N–H and O–H groups in total. The third-order valence-electron chi connectivity index (χ3n) is 12.2. The lowest BCUT2D eigenvalue weighted by molar-refractivity contribution is 0.638. The van der Waals surface area contributed by atoms with Gasteiger partial charge in [-0.05, 0) is 105 Å². The van der Waals surface area contributed by atoms with E-state index in [0.29, 0.717) is 0 Å². The molecular formula is C56H39NO. The van der Waals surface area contributed by atoms with Crippen LogP contribution in [0.2, 0.25) is 0 Å². The predicted molar refractivity (Wildman–Crippen MR) is 242 cm³/mol. The van der Waals surface area contributed by atoms with Crippen molar-refractivity contribution in [3.8, 4) is 44.5 Å². The molecule has 2 nitrogen and oxygen atoms in total. The lowest BCUT2D eigenvalue weighted by Crippen LogP contribution is -2.22. The number of nitrogens with zero attached hydrogens (tertiary/aromatic N) is 1. The van der Waals surface area contributed by atoms with Crippen LogP contribution in [0.15, 0.2) is 223 Å². The fraction of sp³-hybridized carbons (Fsp3) is 0.0357. The Bertz CT molecular complexity index is 2960. The molecule has 1 aliphatic carbocycles. The van der Waals surface area contributed by atoms with Crippen molar-refractivity contribution in [3.63, 3.8) is 0 Å². The van der Waals surface area contributed by atoms with E-state index in [0.717, 1.165) is 50.1 Å². The van der Waals surface area contributed by atoms with Gasteiger partial charge in [-0.1, -0.05) is 176 Å². The number of hydrogen-bond donors (Lipinski definition) is 0. The van der Waals surface area contributed by atoms with Crippen LogP contribution in [0.25, 0.3) is 66.4 Å². The smallest absolute Gasteiger partial charge is 0.140 e. The van der Waals surface area contributed by atoms with Crippen LogP contribution >= 0.6 is 0 Å². The zero-order valence-corrected chi connectivity index (χ0v) is 32.1. The molecule has 0 unspecified atom stereocenters. The van der Waals surface area contributed by atoms with E-state index in [4.69, 9.17) is 4.42 Å². The first kappa shape index (κ1) is 33.9. The van der Waals surface area contributed by atoms with E-state index in [9.17, 15) is 0 Å². The summed E-state index contributed by atoms with van der Waals surface area (Å²) in [6.07, 6.45) is 0. The molecule has 11 rings (SSSR count). The number of hydrogen-bond acceptors (Lipinski definition) is 2. The maximum absolute atomic E-state index is 6.91. The lowest BCUT2D eigenvalue weighted by Gasteiger charge is -2.29. The Morgan fingerprint density at radius 1 is 0.345 bits per heavy atom. The number of fused-ring (bicyclic) bond motifs is 6. The second-order valence-electron chi connectivity index (χ2n) is 15.4. The van der Waals surface area contributed by atoms with Gasteiger partial charge >= 0.3 is 0 Å². The number of anilines is 3. The molecule has 0 saturated carbocycles. The van der Waals surface area contributed by atoms with Crippen molar-refractivity contribution in [1.82, 2.24) is 0 Å². The summed E-state index contributed by atoms with van der Waals surface area (Å²) in [6.45, 7) is 2.36. The van der Waals surface area contributed by atoms with Gasteiger partial charge in [0.05, 0.1) is 0 Å². The highest BCUT2D eigenvalue weighted by Crippen LogP contribution is 2.55. The summed E-state index contributed by atoms with van der Waals surface area (Å²) in [5.41, 5.74) is 18.2. The molecule has 274 valence electrons. The van der Waals surface area contributed by atoms with Crippen molar-refractivity contribution in [3.05, 3.63) is 235 Å². The molecular weight excluding hydrogens is 703 g/mol. The molecule has 0 amide bonds. The molecule has 0 saturated heterocycles. The normalized spacial score (nSPS) is 12.7. The van der Waals surface area contributed by atoms with Crippen molar-refractivity contribution in [2.24, 2.45) is 0 Å². The van der Waals surface area contributed by atoms with Crippen LogP contribution in [0.1, 0.15) is 23.6 Å². The zero-order valence-electron chi connectivity index (χ0n) is 32.1. The van der Waals surface area contributed by atoms with Crippen molar-refractivity contribution in [2.45, 2.75) is 12.3 Å². The van der Waals surface area contributed by atoms with Crippen LogP contribution < -0.4 is 4.90 Å². The predicted octanol–water partition coefficient (Wildman–Crippen LogP) is 15.4. The summed E-state index contributed by atoms with van der Waals surface area (Å²) in [6, 6.07) is 78.7. The Labute approximate surface area is 338 Å². The van der Waals surface area contributed by atoms with Crippen molar-refractivity contribution < 1.29 is 4.42 Å². The Morgan fingerprint density at radius 2 is 0.776 bits per heavy atom. The topological polar surface area (TPSA) is 16.4 Å². The minimum atomic E-state index is -0.381. The monoisotopic (exact) mass is 741 g/mol. The third kappa shape index (κ3) is 5.41. The van der Waals surface area contributed by atoms with Gasteiger partial charge in [0, 0.05) is 38.8 Å². The second kappa shape index (κ2) is 13.7. The Hall–Kier alpha value is -7.42. The fourth-order valence-electron chi connectivity index (χ4n) is 9.31. The Morgan fingerprint density at radius 3 is 1.31 bits per heavy atom. The molecule has 0 fully saturated rings. The summed E-state index contributed by atoms with van der Waals surface area (Å²) >= 11 is 0. The van der Waals surface area contributed by atoms with Crippen LogP contribution in [0, 0.1) is 0 Å². The standard InChI is InChI=1S/C56H39NO/c1-56(50-21-11-8-18-47(50)48-19-9-12-22-51(48)56)52-37-36-46(54-49-20-10-13-23-53(49)58-55(52)54)42-28-34-45(35-29-42)57(43-30-24-40(25-31-43)38-14-4-2-5-15-38)44-32-26-41(27-33-44)39-16-6-3-7-17-39/h2-37H,1H3. The number of para-hydroxylation sites is 1. The van der Waals surface area contributed by atoms with Gasteiger partial charge in [0.1, 0.15) is 11.2 Å². The summed E-state index contributed by atoms with van der Waals surface area (Å²) in [5.74, 6) is 0. The summed E-state index contributed by atoms with van der Waals surface area (Å²) < 4.78 is 6.91. The van der Waals surface area contributed by atoms with Crippen LogP contribution in [0.5, 0.6) is 0 Å². The molecule has 0 aliphatic heterocycles. The van der Waals surface area contributed by atoms with Crippen molar-refractivity contribution in [1.29, 1.82) is 0 Å². The van der Waals surface area contributed by atoms with Gasteiger partial charge in [-0.25, -0.2) is 0 Å². The van der Waals surface area contributed by atoms with E-state index in [1.807, 2.05) is 0 Å². The minimum Gasteiger partial charge on any atom is -0.456 e. The average Bonchev–Trinajstić information content (AvgIpc) is 3.81. The van der Waals surface area contributed by atoms with Crippen molar-refractivity contribution in [2.75, 3.05) is 4.90 Å².